The maximum atomic E-state index is 13.5. The lowest BCUT2D eigenvalue weighted by Gasteiger charge is -2.43. The van der Waals surface area contributed by atoms with Gasteiger partial charge in [0, 0.05) is 6.61 Å². The summed E-state index contributed by atoms with van der Waals surface area (Å²) in [6.45, 7) is 32.1. The van der Waals surface area contributed by atoms with Crippen LogP contribution in [0.5, 0.6) is 0 Å². The molecule has 0 aromatic rings. The monoisotopic (exact) mass is 571 g/mol. The van der Waals surface area contributed by atoms with Gasteiger partial charge < -0.3 is 19.0 Å². The van der Waals surface area contributed by atoms with Crippen molar-refractivity contribution in [1.82, 2.24) is 4.90 Å². The minimum absolute atomic E-state index is 0.0481. The zero-order chi connectivity index (χ0) is 30.7. The van der Waals surface area contributed by atoms with Gasteiger partial charge in [0.25, 0.3) is 0 Å². The van der Waals surface area contributed by atoms with Crippen LogP contribution in [0.25, 0.3) is 0 Å². The number of rotatable bonds is 13. The smallest absolute Gasteiger partial charge is 0.412 e. The van der Waals surface area contributed by atoms with E-state index in [1.807, 2.05) is 48.5 Å². The number of nitrogens with zero attached hydrogens (tertiary/aromatic N) is 1. The molecule has 0 spiro atoms. The number of carbonyl (C=O) groups excluding carboxylic acids is 1. The van der Waals surface area contributed by atoms with Crippen molar-refractivity contribution in [2.24, 2.45) is 17.3 Å². The summed E-state index contributed by atoms with van der Waals surface area (Å²) in [5.74, 6) is -1.44. The van der Waals surface area contributed by atoms with Crippen LogP contribution < -0.4 is 0 Å². The van der Waals surface area contributed by atoms with Crippen LogP contribution in [0, 0.1) is 17.3 Å². The van der Waals surface area contributed by atoms with Gasteiger partial charge >= 0.3 is 12.1 Å². The lowest BCUT2D eigenvalue weighted by molar-refractivity contribution is -0.146. The first-order chi connectivity index (χ1) is 17.5. The second kappa shape index (κ2) is 13.2. The zero-order valence-electron chi connectivity index (χ0n) is 27.8. The Labute approximate surface area is 240 Å². The summed E-state index contributed by atoms with van der Waals surface area (Å²) in [5, 5.41) is 9.93. The van der Waals surface area contributed by atoms with E-state index < -0.39 is 43.7 Å². The van der Waals surface area contributed by atoms with Crippen LogP contribution in [0.1, 0.15) is 123 Å². The van der Waals surface area contributed by atoms with Gasteiger partial charge in [-0.2, -0.15) is 0 Å². The molecule has 1 heterocycles. The van der Waals surface area contributed by atoms with Crippen LogP contribution in [-0.4, -0.2) is 60.5 Å². The largest absolute Gasteiger partial charge is 0.481 e. The lowest BCUT2D eigenvalue weighted by atomic mass is 9.79. The molecular formula is C31H61NO6Si. The molecule has 7 nitrogen and oxygen atoms in total. The third kappa shape index (κ3) is 9.19. The molecule has 1 fully saturated rings. The Morgan fingerprint density at radius 2 is 1.44 bits per heavy atom. The average Bonchev–Trinajstić information content (AvgIpc) is 2.95. The number of ether oxygens (including phenoxy) is 2. The van der Waals surface area contributed by atoms with Crippen LogP contribution in [0.2, 0.25) is 16.6 Å². The van der Waals surface area contributed by atoms with Crippen molar-refractivity contribution >= 4 is 20.4 Å². The Kier molecular flexibility index (Phi) is 12.2. The molecule has 1 rings (SSSR count). The molecule has 39 heavy (non-hydrogen) atoms. The van der Waals surface area contributed by atoms with Crippen molar-refractivity contribution in [2.45, 2.75) is 163 Å². The van der Waals surface area contributed by atoms with Crippen molar-refractivity contribution in [2.75, 3.05) is 6.61 Å². The quantitative estimate of drug-likeness (QED) is 0.223. The van der Waals surface area contributed by atoms with Crippen molar-refractivity contribution in [3.05, 3.63) is 0 Å². The molecule has 8 heteroatoms. The minimum atomic E-state index is -1.99. The van der Waals surface area contributed by atoms with Crippen molar-refractivity contribution in [1.29, 1.82) is 0 Å². The van der Waals surface area contributed by atoms with E-state index in [-0.39, 0.29) is 17.4 Å². The molecule has 0 aliphatic carbocycles. The zero-order valence-corrected chi connectivity index (χ0v) is 28.8. The van der Waals surface area contributed by atoms with E-state index in [1.54, 1.807) is 4.90 Å². The Balaban J connectivity index is 3.31. The summed E-state index contributed by atoms with van der Waals surface area (Å²) >= 11 is 0. The van der Waals surface area contributed by atoms with Gasteiger partial charge in [-0.1, -0.05) is 69.2 Å². The molecule has 3 atom stereocenters. The molecular weight excluding hydrogens is 510 g/mol. The average molecular weight is 572 g/mol. The third-order valence-electron chi connectivity index (χ3n) is 8.58. The summed E-state index contributed by atoms with van der Waals surface area (Å²) in [6, 6.07) is -0.312. The maximum Gasteiger partial charge on any atom is 0.412 e. The molecule has 1 amide bonds. The summed E-state index contributed by atoms with van der Waals surface area (Å²) in [4.78, 5) is 27.4. The van der Waals surface area contributed by atoms with E-state index in [0.717, 1.165) is 6.42 Å². The van der Waals surface area contributed by atoms with E-state index in [9.17, 15) is 14.7 Å². The van der Waals surface area contributed by atoms with E-state index in [1.165, 1.54) is 0 Å². The standard InChI is InChI=1S/C31H61NO6Si/c1-20(2)24(27(33)34)18-26-25(32(31(14,15)37-26)28(35)38-29(9,10)11)19-30(12,13)16-17-36-39(21(3)4,22(5)6)23(7)8/h20-26H,16-19H2,1-15H3,(H,33,34)/t24?,25-,26-/m0/s1. The predicted octanol–water partition coefficient (Wildman–Crippen LogP) is 8.47. The van der Waals surface area contributed by atoms with Crippen molar-refractivity contribution < 1.29 is 28.6 Å². The normalized spacial score (nSPS) is 21.4. The number of carboxylic acid groups (broad SMARTS) is 1. The fraction of sp³-hybridized carbons (Fsp3) is 0.935. The van der Waals surface area contributed by atoms with Gasteiger partial charge in [-0.3, -0.25) is 9.69 Å². The highest BCUT2D eigenvalue weighted by Crippen LogP contribution is 2.45. The van der Waals surface area contributed by atoms with E-state index in [4.69, 9.17) is 13.9 Å². The fourth-order valence-electron chi connectivity index (χ4n) is 6.75. The lowest BCUT2D eigenvalue weighted by Crippen LogP contribution is -2.51. The number of amides is 1. The number of hydrogen-bond acceptors (Lipinski definition) is 5. The van der Waals surface area contributed by atoms with E-state index >= 15 is 0 Å². The van der Waals surface area contributed by atoms with Crippen molar-refractivity contribution in [3.8, 4) is 0 Å². The molecule has 1 N–H and O–H groups in total. The molecule has 0 bridgehead atoms. The summed E-state index contributed by atoms with van der Waals surface area (Å²) in [5.41, 5.74) is -0.199. The predicted molar refractivity (Wildman–Crippen MR) is 161 cm³/mol. The van der Waals surface area contributed by atoms with E-state index in [2.05, 4.69) is 55.4 Å². The minimum Gasteiger partial charge on any atom is -0.481 e. The fourth-order valence-corrected chi connectivity index (χ4v) is 12.2. The molecule has 1 aliphatic heterocycles. The summed E-state index contributed by atoms with van der Waals surface area (Å²) < 4.78 is 19.2. The molecule has 0 aromatic carbocycles. The molecule has 0 saturated carbocycles. The molecule has 1 saturated heterocycles. The van der Waals surface area contributed by atoms with Gasteiger partial charge in [0.05, 0.1) is 18.1 Å². The third-order valence-corrected chi connectivity index (χ3v) is 14.7. The van der Waals surface area contributed by atoms with Gasteiger partial charge in [0.1, 0.15) is 11.3 Å². The second-order valence-electron chi connectivity index (χ2n) is 15.2. The first-order valence-corrected chi connectivity index (χ1v) is 17.2. The number of carboxylic acids is 1. The number of hydrogen-bond donors (Lipinski definition) is 1. The number of aliphatic carboxylic acids is 1. The van der Waals surface area contributed by atoms with Crippen LogP contribution in [0.15, 0.2) is 0 Å². The molecule has 0 aromatic heterocycles. The maximum absolute atomic E-state index is 13.5. The highest BCUT2D eigenvalue weighted by molar-refractivity contribution is 6.77. The van der Waals surface area contributed by atoms with Crippen LogP contribution in [0.3, 0.4) is 0 Å². The van der Waals surface area contributed by atoms with Gasteiger partial charge in [-0.25, -0.2) is 4.79 Å². The van der Waals surface area contributed by atoms with Gasteiger partial charge in [-0.15, -0.1) is 0 Å². The highest BCUT2D eigenvalue weighted by atomic mass is 28.4. The number of carbonyl (C=O) groups is 2. The second-order valence-corrected chi connectivity index (χ2v) is 20.7. The first-order valence-electron chi connectivity index (χ1n) is 15.1. The molecule has 1 unspecified atom stereocenters. The van der Waals surface area contributed by atoms with Crippen LogP contribution in [0.4, 0.5) is 4.79 Å². The van der Waals surface area contributed by atoms with E-state index in [0.29, 0.717) is 36.1 Å². The van der Waals surface area contributed by atoms with Gasteiger partial charge in [0.15, 0.2) is 8.32 Å². The molecule has 0 radical (unpaired) electrons. The summed E-state index contributed by atoms with van der Waals surface area (Å²) in [6.07, 6.45) is 1.01. The van der Waals surface area contributed by atoms with Crippen LogP contribution >= 0.6 is 0 Å². The molecule has 230 valence electrons. The topological polar surface area (TPSA) is 85.3 Å². The van der Waals surface area contributed by atoms with Crippen molar-refractivity contribution in [3.63, 3.8) is 0 Å². The van der Waals surface area contributed by atoms with Gasteiger partial charge in [-0.05, 0) is 81.8 Å². The highest BCUT2D eigenvalue weighted by Gasteiger charge is 2.53. The molecule has 1 aliphatic rings. The Morgan fingerprint density at radius 1 is 0.949 bits per heavy atom. The first kappa shape index (κ1) is 35.9. The van der Waals surface area contributed by atoms with Crippen LogP contribution in [-0.2, 0) is 18.7 Å². The summed E-state index contributed by atoms with van der Waals surface area (Å²) in [7, 11) is -1.99. The SMILES string of the molecule is CC(C)C(C[C@@H]1OC(C)(C)N(C(=O)OC(C)(C)C)[C@H]1CC(C)(C)CCO[Si](C(C)C)(C(C)C)C(C)C)C(=O)O. The van der Waals surface area contributed by atoms with Gasteiger partial charge in [0.2, 0.25) is 0 Å². The Hall–Kier alpha value is -1.12. The Morgan fingerprint density at radius 3 is 1.82 bits per heavy atom. The Bertz CT molecular complexity index is 793.